The van der Waals surface area contributed by atoms with E-state index in [-0.39, 0.29) is 11.9 Å². The largest absolute Gasteiger partial charge is 0.370 e. The number of benzene rings is 1. The number of Topliss-reactive ketones (excluding diaryl/α,β-unsaturated/α-hetero) is 1. The summed E-state index contributed by atoms with van der Waals surface area (Å²) in [5.41, 5.74) is 1.08. The van der Waals surface area contributed by atoms with Crippen molar-refractivity contribution >= 4 is 5.78 Å². The van der Waals surface area contributed by atoms with Gasteiger partial charge >= 0.3 is 0 Å². The van der Waals surface area contributed by atoms with Gasteiger partial charge in [-0.25, -0.2) is 0 Å². The van der Waals surface area contributed by atoms with Crippen LogP contribution < -0.4 is 0 Å². The van der Waals surface area contributed by atoms with E-state index in [0.29, 0.717) is 6.42 Å². The molecule has 74 valence electrons. The zero-order chi connectivity index (χ0) is 9.80. The van der Waals surface area contributed by atoms with Crippen molar-refractivity contribution in [3.8, 4) is 0 Å². The van der Waals surface area contributed by atoms with Crippen LogP contribution in [0.1, 0.15) is 18.4 Å². The Labute approximate surface area is 83.9 Å². The third-order valence-electron chi connectivity index (χ3n) is 2.51. The van der Waals surface area contributed by atoms with Gasteiger partial charge in [-0.1, -0.05) is 30.3 Å². The zero-order valence-electron chi connectivity index (χ0n) is 8.11. The molecule has 0 bridgehead atoms. The molecular weight excluding hydrogens is 176 g/mol. The first-order valence-electron chi connectivity index (χ1n) is 5.04. The number of ketones is 1. The molecule has 1 aromatic rings. The summed E-state index contributed by atoms with van der Waals surface area (Å²) in [6.45, 7) is 0.741. The Kier molecular flexibility index (Phi) is 2.94. The van der Waals surface area contributed by atoms with Crippen molar-refractivity contribution < 1.29 is 9.53 Å². The molecule has 0 saturated carbocycles. The van der Waals surface area contributed by atoms with Gasteiger partial charge in [0.15, 0.2) is 5.78 Å². The SMILES string of the molecule is O=C(Cc1ccccc1)C1CCCO1. The van der Waals surface area contributed by atoms with Crippen LogP contribution in [0, 0.1) is 0 Å². The molecule has 1 saturated heterocycles. The molecule has 1 heterocycles. The van der Waals surface area contributed by atoms with Gasteiger partial charge in [-0.05, 0) is 18.4 Å². The van der Waals surface area contributed by atoms with E-state index >= 15 is 0 Å². The first kappa shape index (κ1) is 9.41. The van der Waals surface area contributed by atoms with Gasteiger partial charge in [-0.15, -0.1) is 0 Å². The second-order valence-electron chi connectivity index (χ2n) is 3.63. The van der Waals surface area contributed by atoms with Crippen molar-refractivity contribution in [1.82, 2.24) is 0 Å². The summed E-state index contributed by atoms with van der Waals surface area (Å²) in [6.07, 6.45) is 2.28. The fourth-order valence-corrected chi connectivity index (χ4v) is 1.74. The molecule has 1 unspecified atom stereocenters. The van der Waals surface area contributed by atoms with Crippen molar-refractivity contribution in [3.63, 3.8) is 0 Å². The van der Waals surface area contributed by atoms with Gasteiger partial charge in [-0.3, -0.25) is 4.79 Å². The molecule has 2 rings (SSSR count). The quantitative estimate of drug-likeness (QED) is 0.728. The number of ether oxygens (including phenoxy) is 1. The van der Waals surface area contributed by atoms with Crippen LogP contribution in [0.4, 0.5) is 0 Å². The third-order valence-corrected chi connectivity index (χ3v) is 2.51. The van der Waals surface area contributed by atoms with Crippen molar-refractivity contribution in [3.05, 3.63) is 35.9 Å². The maximum atomic E-state index is 11.7. The number of carbonyl (C=O) groups excluding carboxylic acids is 1. The van der Waals surface area contributed by atoms with Crippen LogP contribution in [-0.4, -0.2) is 18.5 Å². The van der Waals surface area contributed by atoms with E-state index in [2.05, 4.69) is 0 Å². The van der Waals surface area contributed by atoms with E-state index in [0.717, 1.165) is 25.0 Å². The monoisotopic (exact) mass is 190 g/mol. The first-order valence-corrected chi connectivity index (χ1v) is 5.04. The molecule has 1 aliphatic heterocycles. The molecular formula is C12H14O2. The van der Waals surface area contributed by atoms with Gasteiger partial charge in [-0.2, -0.15) is 0 Å². The summed E-state index contributed by atoms with van der Waals surface area (Å²) in [5, 5.41) is 0. The molecule has 2 nitrogen and oxygen atoms in total. The topological polar surface area (TPSA) is 26.3 Å². The van der Waals surface area contributed by atoms with Gasteiger partial charge in [0.2, 0.25) is 0 Å². The van der Waals surface area contributed by atoms with Crippen LogP contribution in [0.2, 0.25) is 0 Å². The summed E-state index contributed by atoms with van der Waals surface area (Å²) >= 11 is 0. The minimum absolute atomic E-state index is 0.143. The van der Waals surface area contributed by atoms with E-state index in [9.17, 15) is 4.79 Å². The lowest BCUT2D eigenvalue weighted by Gasteiger charge is -2.07. The highest BCUT2D eigenvalue weighted by molar-refractivity contribution is 5.85. The molecule has 0 aliphatic carbocycles. The third kappa shape index (κ3) is 2.20. The lowest BCUT2D eigenvalue weighted by molar-refractivity contribution is -0.127. The fourth-order valence-electron chi connectivity index (χ4n) is 1.74. The summed E-state index contributed by atoms with van der Waals surface area (Å²) < 4.78 is 5.34. The molecule has 14 heavy (non-hydrogen) atoms. The van der Waals surface area contributed by atoms with E-state index < -0.39 is 0 Å². The zero-order valence-corrected chi connectivity index (χ0v) is 8.11. The summed E-state index contributed by atoms with van der Waals surface area (Å²) in [5.74, 6) is 0.216. The summed E-state index contributed by atoms with van der Waals surface area (Å²) in [6, 6.07) is 9.83. The van der Waals surface area contributed by atoms with E-state index in [1.54, 1.807) is 0 Å². The maximum absolute atomic E-state index is 11.7. The summed E-state index contributed by atoms with van der Waals surface area (Å²) in [4.78, 5) is 11.7. The molecule has 0 radical (unpaired) electrons. The van der Waals surface area contributed by atoms with Gasteiger partial charge in [0.25, 0.3) is 0 Å². The molecule has 1 aromatic carbocycles. The van der Waals surface area contributed by atoms with Gasteiger partial charge in [0, 0.05) is 13.0 Å². The van der Waals surface area contributed by atoms with Crippen LogP contribution in [-0.2, 0) is 16.0 Å². The van der Waals surface area contributed by atoms with Crippen molar-refractivity contribution in [2.45, 2.75) is 25.4 Å². The standard InChI is InChI=1S/C12H14O2/c13-11(12-7-4-8-14-12)9-10-5-2-1-3-6-10/h1-3,5-6,12H,4,7-9H2. The number of carbonyl (C=O) groups is 1. The van der Waals surface area contributed by atoms with E-state index in [1.807, 2.05) is 30.3 Å². The fraction of sp³-hybridized carbons (Fsp3) is 0.417. The van der Waals surface area contributed by atoms with Crippen LogP contribution in [0.25, 0.3) is 0 Å². The van der Waals surface area contributed by atoms with Gasteiger partial charge in [0.05, 0.1) is 0 Å². The Morgan fingerprint density at radius 3 is 2.79 bits per heavy atom. The molecule has 0 amide bonds. The predicted octanol–water partition coefficient (Wildman–Crippen LogP) is 1.98. The summed E-state index contributed by atoms with van der Waals surface area (Å²) in [7, 11) is 0. The molecule has 1 fully saturated rings. The minimum atomic E-state index is -0.143. The highest BCUT2D eigenvalue weighted by atomic mass is 16.5. The van der Waals surface area contributed by atoms with Crippen molar-refractivity contribution in [1.29, 1.82) is 0 Å². The van der Waals surface area contributed by atoms with E-state index in [4.69, 9.17) is 4.74 Å². The Morgan fingerprint density at radius 1 is 1.36 bits per heavy atom. The molecule has 0 N–H and O–H groups in total. The lowest BCUT2D eigenvalue weighted by Crippen LogP contribution is -2.21. The molecule has 1 atom stereocenters. The predicted molar refractivity (Wildman–Crippen MR) is 54.1 cm³/mol. The normalized spacial score (nSPS) is 21.0. The minimum Gasteiger partial charge on any atom is -0.370 e. The smallest absolute Gasteiger partial charge is 0.165 e. The first-order chi connectivity index (χ1) is 6.86. The lowest BCUT2D eigenvalue weighted by atomic mass is 10.0. The Balaban J connectivity index is 1.94. The molecule has 2 heteroatoms. The van der Waals surface area contributed by atoms with E-state index in [1.165, 1.54) is 0 Å². The Morgan fingerprint density at radius 2 is 2.14 bits per heavy atom. The molecule has 0 aromatic heterocycles. The van der Waals surface area contributed by atoms with Gasteiger partial charge < -0.3 is 4.74 Å². The number of hydrogen-bond donors (Lipinski definition) is 0. The maximum Gasteiger partial charge on any atom is 0.165 e. The molecule has 0 spiro atoms. The van der Waals surface area contributed by atoms with Crippen LogP contribution >= 0.6 is 0 Å². The average Bonchev–Trinajstić information content (AvgIpc) is 2.72. The van der Waals surface area contributed by atoms with Crippen LogP contribution in [0.3, 0.4) is 0 Å². The average molecular weight is 190 g/mol. The Hall–Kier alpha value is -1.15. The Bertz CT molecular complexity index is 299. The van der Waals surface area contributed by atoms with Crippen molar-refractivity contribution in [2.75, 3.05) is 6.61 Å². The van der Waals surface area contributed by atoms with Crippen molar-refractivity contribution in [2.24, 2.45) is 0 Å². The second-order valence-corrected chi connectivity index (χ2v) is 3.63. The molecule has 1 aliphatic rings. The second kappa shape index (κ2) is 4.38. The number of rotatable bonds is 3. The highest BCUT2D eigenvalue weighted by Gasteiger charge is 2.22. The van der Waals surface area contributed by atoms with Gasteiger partial charge in [0.1, 0.15) is 6.10 Å². The van der Waals surface area contributed by atoms with Crippen LogP contribution in [0.15, 0.2) is 30.3 Å². The number of hydrogen-bond acceptors (Lipinski definition) is 2. The highest BCUT2D eigenvalue weighted by Crippen LogP contribution is 2.15. The van der Waals surface area contributed by atoms with Crippen LogP contribution in [0.5, 0.6) is 0 Å².